The molecule has 0 aliphatic carbocycles. The van der Waals surface area contributed by atoms with Crippen LogP contribution in [-0.4, -0.2) is 34.1 Å². The van der Waals surface area contributed by atoms with Crippen molar-refractivity contribution in [2.45, 2.75) is 32.0 Å². The van der Waals surface area contributed by atoms with Crippen LogP contribution in [0, 0.1) is 11.3 Å². The van der Waals surface area contributed by atoms with E-state index in [-0.39, 0.29) is 0 Å². The Morgan fingerprint density at radius 3 is 3.09 bits per heavy atom. The van der Waals surface area contributed by atoms with Gasteiger partial charge < -0.3 is 9.30 Å². The van der Waals surface area contributed by atoms with Crippen molar-refractivity contribution in [2.24, 2.45) is 0 Å². The molecule has 1 saturated heterocycles. The molecule has 22 heavy (non-hydrogen) atoms. The molecule has 0 amide bonds. The molecule has 114 valence electrons. The summed E-state index contributed by atoms with van der Waals surface area (Å²) < 4.78 is 7.34. The summed E-state index contributed by atoms with van der Waals surface area (Å²) in [5.74, 6) is 0.641. The quantitative estimate of drug-likeness (QED) is 0.850. The normalized spacial score (nSPS) is 18.3. The van der Waals surface area contributed by atoms with Crippen LogP contribution in [0.15, 0.2) is 36.9 Å². The molecule has 0 spiro atoms. The molecule has 1 fully saturated rings. The zero-order valence-electron chi connectivity index (χ0n) is 12.8. The van der Waals surface area contributed by atoms with Crippen LogP contribution in [0.1, 0.15) is 24.0 Å². The first-order valence-corrected chi connectivity index (χ1v) is 7.57. The number of nitrogens with zero attached hydrogens (tertiary/aromatic N) is 4. The predicted octanol–water partition coefficient (Wildman–Crippen LogP) is 2.43. The minimum atomic E-state index is 0.529. The average molecular weight is 296 g/mol. The van der Waals surface area contributed by atoms with Gasteiger partial charge >= 0.3 is 0 Å². The Morgan fingerprint density at radius 1 is 1.45 bits per heavy atom. The first-order valence-electron chi connectivity index (χ1n) is 7.57. The Hall–Kier alpha value is -2.32. The van der Waals surface area contributed by atoms with E-state index < -0.39 is 0 Å². The van der Waals surface area contributed by atoms with Gasteiger partial charge in [0.1, 0.15) is 11.8 Å². The summed E-state index contributed by atoms with van der Waals surface area (Å²) in [6.07, 6.45) is 8.14. The number of ether oxygens (including phenoxy) is 1. The van der Waals surface area contributed by atoms with Gasteiger partial charge in [-0.25, -0.2) is 4.98 Å². The molecule has 5 nitrogen and oxygen atoms in total. The van der Waals surface area contributed by atoms with Crippen LogP contribution in [0.3, 0.4) is 0 Å². The third kappa shape index (κ3) is 3.12. The molecule has 0 N–H and O–H groups in total. The monoisotopic (exact) mass is 296 g/mol. The molecular weight excluding hydrogens is 276 g/mol. The number of aromatic nitrogens is 2. The van der Waals surface area contributed by atoms with E-state index in [1.165, 1.54) is 12.8 Å². The fourth-order valence-corrected chi connectivity index (χ4v) is 3.12. The van der Waals surface area contributed by atoms with Gasteiger partial charge in [0.2, 0.25) is 0 Å². The van der Waals surface area contributed by atoms with Gasteiger partial charge in [0, 0.05) is 31.5 Å². The molecule has 0 unspecified atom stereocenters. The number of benzene rings is 1. The van der Waals surface area contributed by atoms with Gasteiger partial charge in [-0.3, -0.25) is 4.90 Å². The second kappa shape index (κ2) is 6.63. The molecule has 1 atom stereocenters. The maximum atomic E-state index is 9.20. The van der Waals surface area contributed by atoms with Crippen molar-refractivity contribution in [1.29, 1.82) is 5.26 Å². The van der Waals surface area contributed by atoms with Gasteiger partial charge in [-0.05, 0) is 37.1 Å². The molecule has 1 aromatic heterocycles. The Bertz CT molecular complexity index is 660. The van der Waals surface area contributed by atoms with Crippen LogP contribution in [0.2, 0.25) is 0 Å². The maximum absolute atomic E-state index is 9.20. The van der Waals surface area contributed by atoms with Gasteiger partial charge in [0.15, 0.2) is 0 Å². The van der Waals surface area contributed by atoms with Crippen LogP contribution >= 0.6 is 0 Å². The number of rotatable bonds is 5. The summed E-state index contributed by atoms with van der Waals surface area (Å²) in [6, 6.07) is 8.60. The van der Waals surface area contributed by atoms with Gasteiger partial charge in [-0.1, -0.05) is 6.07 Å². The lowest BCUT2D eigenvalue weighted by molar-refractivity contribution is 0.224. The largest absolute Gasteiger partial charge is 0.495 e. The number of likely N-dealkylation sites (tertiary alicyclic amines) is 1. The molecule has 2 aromatic rings. The number of nitriles is 1. The van der Waals surface area contributed by atoms with Crippen LogP contribution in [0.4, 0.5) is 0 Å². The van der Waals surface area contributed by atoms with Gasteiger partial charge in [0.05, 0.1) is 19.0 Å². The van der Waals surface area contributed by atoms with Crippen molar-refractivity contribution in [1.82, 2.24) is 14.5 Å². The zero-order valence-corrected chi connectivity index (χ0v) is 12.8. The van der Waals surface area contributed by atoms with E-state index in [4.69, 9.17) is 4.74 Å². The number of hydrogen-bond donors (Lipinski definition) is 0. The molecule has 3 rings (SSSR count). The summed E-state index contributed by atoms with van der Waals surface area (Å²) in [6.45, 7) is 2.95. The topological polar surface area (TPSA) is 54.1 Å². The van der Waals surface area contributed by atoms with E-state index in [1.807, 2.05) is 36.9 Å². The fourth-order valence-electron chi connectivity index (χ4n) is 3.12. The molecule has 1 aromatic carbocycles. The summed E-state index contributed by atoms with van der Waals surface area (Å²) in [5.41, 5.74) is 1.76. The van der Waals surface area contributed by atoms with E-state index in [2.05, 4.69) is 20.5 Å². The summed E-state index contributed by atoms with van der Waals surface area (Å²) in [4.78, 5) is 6.60. The highest BCUT2D eigenvalue weighted by molar-refractivity contribution is 5.45. The Balaban J connectivity index is 1.70. The Labute approximate surface area is 130 Å². The van der Waals surface area contributed by atoms with E-state index in [0.29, 0.717) is 17.4 Å². The Kier molecular flexibility index (Phi) is 4.40. The standard InChI is InChI=1S/C17H20N4O/c1-22-17-5-4-14(9-15(17)10-18)11-21-7-2-3-16(21)12-20-8-6-19-13-20/h4-6,8-9,13,16H,2-3,7,11-12H2,1H3/t16-/m1/s1. The summed E-state index contributed by atoms with van der Waals surface area (Å²) in [7, 11) is 1.59. The third-order valence-corrected chi connectivity index (χ3v) is 4.25. The molecule has 0 radical (unpaired) electrons. The average Bonchev–Trinajstić information content (AvgIpc) is 3.20. The highest BCUT2D eigenvalue weighted by Gasteiger charge is 2.24. The van der Waals surface area contributed by atoms with Gasteiger partial charge in [0.25, 0.3) is 0 Å². The first-order chi connectivity index (χ1) is 10.8. The zero-order chi connectivity index (χ0) is 15.4. The summed E-state index contributed by atoms with van der Waals surface area (Å²) >= 11 is 0. The van der Waals surface area contributed by atoms with Crippen LogP contribution in [-0.2, 0) is 13.1 Å². The number of imidazole rings is 1. The lowest BCUT2D eigenvalue weighted by Crippen LogP contribution is -2.32. The lowest BCUT2D eigenvalue weighted by Gasteiger charge is -2.25. The van der Waals surface area contributed by atoms with Gasteiger partial charge in [-0.2, -0.15) is 5.26 Å². The smallest absolute Gasteiger partial charge is 0.136 e. The molecule has 5 heteroatoms. The predicted molar refractivity (Wildman–Crippen MR) is 83.4 cm³/mol. The molecule has 1 aliphatic heterocycles. The lowest BCUT2D eigenvalue weighted by atomic mass is 10.1. The van der Waals surface area contributed by atoms with Crippen molar-refractivity contribution in [3.63, 3.8) is 0 Å². The fraction of sp³-hybridized carbons (Fsp3) is 0.412. The second-order valence-electron chi connectivity index (χ2n) is 5.67. The molecular formula is C17H20N4O. The van der Waals surface area contributed by atoms with E-state index in [1.54, 1.807) is 7.11 Å². The maximum Gasteiger partial charge on any atom is 0.136 e. The summed E-state index contributed by atoms with van der Waals surface area (Å²) in [5, 5.41) is 9.20. The highest BCUT2D eigenvalue weighted by atomic mass is 16.5. The first kappa shape index (κ1) is 14.6. The van der Waals surface area contributed by atoms with Gasteiger partial charge in [-0.15, -0.1) is 0 Å². The minimum Gasteiger partial charge on any atom is -0.495 e. The van der Waals surface area contributed by atoms with Crippen molar-refractivity contribution in [3.05, 3.63) is 48.0 Å². The SMILES string of the molecule is COc1ccc(CN2CCC[C@@H]2Cn2ccnc2)cc1C#N. The molecule has 2 heterocycles. The van der Waals surface area contributed by atoms with Crippen molar-refractivity contribution in [3.8, 4) is 11.8 Å². The van der Waals surface area contributed by atoms with Crippen molar-refractivity contribution >= 4 is 0 Å². The van der Waals surface area contributed by atoms with Crippen LogP contribution in [0.25, 0.3) is 0 Å². The molecule has 0 bridgehead atoms. The van der Waals surface area contributed by atoms with Crippen molar-refractivity contribution in [2.75, 3.05) is 13.7 Å². The Morgan fingerprint density at radius 2 is 2.36 bits per heavy atom. The molecule has 0 saturated carbocycles. The minimum absolute atomic E-state index is 0.529. The number of hydrogen-bond acceptors (Lipinski definition) is 4. The van der Waals surface area contributed by atoms with Crippen molar-refractivity contribution < 1.29 is 4.74 Å². The number of methoxy groups -OCH3 is 1. The van der Waals surface area contributed by atoms with Crippen LogP contribution < -0.4 is 4.74 Å². The highest BCUT2D eigenvalue weighted by Crippen LogP contribution is 2.24. The van der Waals surface area contributed by atoms with E-state index >= 15 is 0 Å². The molecule has 1 aliphatic rings. The second-order valence-corrected chi connectivity index (χ2v) is 5.67. The van der Waals surface area contributed by atoms with E-state index in [9.17, 15) is 5.26 Å². The third-order valence-electron chi connectivity index (χ3n) is 4.25. The van der Waals surface area contributed by atoms with Crippen LogP contribution in [0.5, 0.6) is 5.75 Å². The van der Waals surface area contributed by atoms with E-state index in [0.717, 1.165) is 25.2 Å².